The molecule has 1 aliphatic rings. The molecule has 3 heterocycles. The van der Waals surface area contributed by atoms with E-state index in [1.165, 1.54) is 0 Å². The molecule has 1 aromatic carbocycles. The van der Waals surface area contributed by atoms with Crippen molar-refractivity contribution >= 4 is 10.9 Å². The average molecular weight is 361 g/mol. The highest BCUT2D eigenvalue weighted by atomic mass is 19.1. The summed E-state index contributed by atoms with van der Waals surface area (Å²) in [6, 6.07) is 6.90. The van der Waals surface area contributed by atoms with Crippen molar-refractivity contribution in [2.24, 2.45) is 5.41 Å². The summed E-state index contributed by atoms with van der Waals surface area (Å²) in [5.41, 5.74) is 2.07. The van der Waals surface area contributed by atoms with E-state index >= 15 is 0 Å². The zero-order chi connectivity index (χ0) is 19.2. The Morgan fingerprint density at radius 2 is 2.04 bits per heavy atom. The normalized spacial score (nSPS) is 15.1. The zero-order valence-electron chi connectivity index (χ0n) is 15.6. The summed E-state index contributed by atoms with van der Waals surface area (Å²) in [6.45, 7) is 6.64. The lowest BCUT2D eigenvalue weighted by molar-refractivity contribution is 0.240. The lowest BCUT2D eigenvalue weighted by Crippen LogP contribution is -2.36. The number of hydrogen-bond donors (Lipinski definition) is 0. The topological polar surface area (TPSA) is 47.8 Å². The monoisotopic (exact) mass is 361 g/mol. The number of fused-ring (bicyclic) bond motifs is 2. The fraction of sp³-hybridized carbons (Fsp3) is 0.318. The number of aromatic nitrogens is 3. The molecule has 0 saturated heterocycles. The van der Waals surface area contributed by atoms with Crippen molar-refractivity contribution in [3.63, 3.8) is 0 Å². The lowest BCUT2D eigenvalue weighted by atomic mass is 9.85. The summed E-state index contributed by atoms with van der Waals surface area (Å²) < 4.78 is 15.8. The smallest absolute Gasteiger partial charge is 0.261 e. The lowest BCUT2D eigenvalue weighted by Gasteiger charge is -2.31. The summed E-state index contributed by atoms with van der Waals surface area (Å²) in [6.07, 6.45) is 3.33. The molecule has 0 aliphatic carbocycles. The van der Waals surface area contributed by atoms with Gasteiger partial charge < -0.3 is 0 Å². The van der Waals surface area contributed by atoms with Crippen LogP contribution in [-0.4, -0.2) is 14.5 Å². The van der Waals surface area contributed by atoms with Crippen LogP contribution in [0.5, 0.6) is 0 Å². The van der Waals surface area contributed by atoms with E-state index in [0.717, 1.165) is 18.7 Å². The molecule has 0 unspecified atom stereocenters. The van der Waals surface area contributed by atoms with Gasteiger partial charge in [0.15, 0.2) is 5.82 Å². The molecule has 2 aromatic heterocycles. The van der Waals surface area contributed by atoms with Crippen molar-refractivity contribution in [2.45, 2.75) is 40.2 Å². The van der Waals surface area contributed by atoms with Gasteiger partial charge in [-0.05, 0) is 43.0 Å². The second-order valence-electron chi connectivity index (χ2n) is 7.82. The molecule has 5 heteroatoms. The molecule has 0 atom stereocenters. The van der Waals surface area contributed by atoms with E-state index in [0.29, 0.717) is 34.3 Å². The van der Waals surface area contributed by atoms with Gasteiger partial charge in [0, 0.05) is 24.7 Å². The number of benzene rings is 1. The first-order chi connectivity index (χ1) is 12.8. The van der Waals surface area contributed by atoms with Crippen molar-refractivity contribution in [3.8, 4) is 11.8 Å². The van der Waals surface area contributed by atoms with Crippen molar-refractivity contribution < 1.29 is 4.39 Å². The highest BCUT2D eigenvalue weighted by Gasteiger charge is 2.27. The molecule has 0 N–H and O–H groups in total. The van der Waals surface area contributed by atoms with E-state index in [1.807, 2.05) is 0 Å². The summed E-state index contributed by atoms with van der Waals surface area (Å²) in [4.78, 5) is 21.5. The molecule has 4 rings (SSSR count). The van der Waals surface area contributed by atoms with Crippen LogP contribution in [0.4, 0.5) is 4.39 Å². The quantitative estimate of drug-likeness (QED) is 0.575. The van der Waals surface area contributed by atoms with Crippen LogP contribution in [0.25, 0.3) is 10.9 Å². The number of nitrogens with zero attached hydrogens (tertiary/aromatic N) is 3. The second-order valence-corrected chi connectivity index (χ2v) is 7.82. The Morgan fingerprint density at radius 3 is 2.85 bits per heavy atom. The fourth-order valence-corrected chi connectivity index (χ4v) is 3.44. The van der Waals surface area contributed by atoms with E-state index in [4.69, 9.17) is 4.98 Å². The molecule has 4 nitrogen and oxygen atoms in total. The van der Waals surface area contributed by atoms with Gasteiger partial charge in [0.05, 0.1) is 22.2 Å². The SMILES string of the molecule is Cc1nccc(C#Cc2ccc3c(=O)n4c(nc3c2)CCC(C)(C)C4)c1F. The average Bonchev–Trinajstić information content (AvgIpc) is 2.63. The molecule has 27 heavy (non-hydrogen) atoms. The minimum Gasteiger partial charge on any atom is -0.296 e. The van der Waals surface area contributed by atoms with Crippen molar-refractivity contribution in [1.29, 1.82) is 0 Å². The molecule has 3 aromatic rings. The van der Waals surface area contributed by atoms with Crippen LogP contribution in [-0.2, 0) is 13.0 Å². The first-order valence-corrected chi connectivity index (χ1v) is 9.01. The van der Waals surface area contributed by atoms with Crippen LogP contribution in [0.2, 0.25) is 0 Å². The van der Waals surface area contributed by atoms with Gasteiger partial charge in [0.25, 0.3) is 5.56 Å². The third-order valence-electron chi connectivity index (χ3n) is 5.05. The molecule has 1 aliphatic heterocycles. The Kier molecular flexibility index (Phi) is 4.07. The molecule has 136 valence electrons. The Morgan fingerprint density at radius 1 is 1.22 bits per heavy atom. The van der Waals surface area contributed by atoms with Crippen molar-refractivity contribution in [3.05, 3.63) is 69.3 Å². The zero-order valence-corrected chi connectivity index (χ0v) is 15.6. The Labute approximate surface area is 157 Å². The van der Waals surface area contributed by atoms with Gasteiger partial charge in [-0.3, -0.25) is 14.3 Å². The Balaban J connectivity index is 1.77. The summed E-state index contributed by atoms with van der Waals surface area (Å²) in [5, 5.41) is 0.591. The minimum absolute atomic E-state index is 0.00177. The molecule has 0 fully saturated rings. The van der Waals surface area contributed by atoms with Crippen LogP contribution in [0.15, 0.2) is 35.3 Å². The molecule has 0 saturated carbocycles. The van der Waals surface area contributed by atoms with Crippen LogP contribution in [0.1, 0.15) is 42.9 Å². The predicted molar refractivity (Wildman–Crippen MR) is 103 cm³/mol. The number of halogens is 1. The van der Waals surface area contributed by atoms with Crippen molar-refractivity contribution in [2.75, 3.05) is 0 Å². The third kappa shape index (κ3) is 3.23. The molecular formula is C22H20FN3O. The van der Waals surface area contributed by atoms with E-state index in [1.54, 1.807) is 42.0 Å². The van der Waals surface area contributed by atoms with Gasteiger partial charge in [-0.15, -0.1) is 0 Å². The Bertz CT molecular complexity index is 1180. The summed E-state index contributed by atoms with van der Waals surface area (Å²) in [7, 11) is 0. The van der Waals surface area contributed by atoms with Gasteiger partial charge in [-0.2, -0.15) is 0 Å². The minimum atomic E-state index is -0.404. The highest BCUT2D eigenvalue weighted by molar-refractivity contribution is 5.79. The van der Waals surface area contributed by atoms with Gasteiger partial charge in [0.2, 0.25) is 0 Å². The van der Waals surface area contributed by atoms with Crippen LogP contribution >= 0.6 is 0 Å². The molecular weight excluding hydrogens is 341 g/mol. The predicted octanol–water partition coefficient (Wildman–Crippen LogP) is 3.61. The first-order valence-electron chi connectivity index (χ1n) is 9.01. The summed E-state index contributed by atoms with van der Waals surface area (Å²) >= 11 is 0. The Hall–Kier alpha value is -3.00. The van der Waals surface area contributed by atoms with Crippen LogP contribution < -0.4 is 5.56 Å². The van der Waals surface area contributed by atoms with Gasteiger partial charge >= 0.3 is 0 Å². The van der Waals surface area contributed by atoms with E-state index in [9.17, 15) is 9.18 Å². The van der Waals surface area contributed by atoms with E-state index in [2.05, 4.69) is 30.7 Å². The highest BCUT2D eigenvalue weighted by Crippen LogP contribution is 2.29. The number of hydrogen-bond acceptors (Lipinski definition) is 3. The molecule has 0 spiro atoms. The van der Waals surface area contributed by atoms with E-state index < -0.39 is 5.82 Å². The number of pyridine rings is 1. The number of rotatable bonds is 0. The third-order valence-corrected chi connectivity index (χ3v) is 5.05. The van der Waals surface area contributed by atoms with Crippen LogP contribution in [0, 0.1) is 30.0 Å². The van der Waals surface area contributed by atoms with Gasteiger partial charge in [-0.1, -0.05) is 25.7 Å². The maximum atomic E-state index is 14.0. The summed E-state index contributed by atoms with van der Waals surface area (Å²) in [5.74, 6) is 6.24. The molecule has 0 radical (unpaired) electrons. The van der Waals surface area contributed by atoms with Gasteiger partial charge in [0.1, 0.15) is 5.82 Å². The maximum absolute atomic E-state index is 14.0. The first kappa shape index (κ1) is 17.4. The second kappa shape index (κ2) is 6.31. The maximum Gasteiger partial charge on any atom is 0.261 e. The number of aryl methyl sites for hydroxylation is 2. The molecule has 0 bridgehead atoms. The van der Waals surface area contributed by atoms with Crippen LogP contribution in [0.3, 0.4) is 0 Å². The largest absolute Gasteiger partial charge is 0.296 e. The van der Waals surface area contributed by atoms with Gasteiger partial charge in [-0.25, -0.2) is 9.37 Å². The van der Waals surface area contributed by atoms with E-state index in [-0.39, 0.29) is 11.0 Å². The van der Waals surface area contributed by atoms with Crippen molar-refractivity contribution in [1.82, 2.24) is 14.5 Å². The standard InChI is InChI=1S/C22H20FN3O/c1-14-20(23)16(9-11-24-14)6-4-15-5-7-17-18(12-15)25-19-8-10-22(2,3)13-26(19)21(17)27/h5,7,9,11-12H,8,10,13H2,1-3H3. The fourth-order valence-electron chi connectivity index (χ4n) is 3.44. The molecule has 0 amide bonds.